The molecular formula is C16H23F3N2O. The third-order valence-corrected chi connectivity index (χ3v) is 4.04. The number of hydrogen-bond acceptors (Lipinski definition) is 3. The molecule has 1 aliphatic heterocycles. The maximum Gasteiger partial charge on any atom is 0.416 e. The Kier molecular flexibility index (Phi) is 6.08. The van der Waals surface area contributed by atoms with E-state index in [1.54, 1.807) is 6.07 Å². The number of piperazine rings is 1. The van der Waals surface area contributed by atoms with Gasteiger partial charge < -0.3 is 10.0 Å². The number of benzene rings is 1. The molecule has 1 heterocycles. The third-order valence-electron chi connectivity index (χ3n) is 4.04. The molecule has 0 aliphatic carbocycles. The minimum atomic E-state index is -4.29. The minimum Gasteiger partial charge on any atom is -0.396 e. The van der Waals surface area contributed by atoms with E-state index in [2.05, 4.69) is 4.90 Å². The molecule has 124 valence electrons. The van der Waals surface area contributed by atoms with Crippen LogP contribution in [0.3, 0.4) is 0 Å². The van der Waals surface area contributed by atoms with Crippen molar-refractivity contribution in [1.29, 1.82) is 0 Å². The van der Waals surface area contributed by atoms with Crippen LogP contribution in [0.4, 0.5) is 18.9 Å². The van der Waals surface area contributed by atoms with E-state index in [1.165, 1.54) is 12.1 Å². The average molecular weight is 316 g/mol. The summed E-state index contributed by atoms with van der Waals surface area (Å²) in [4.78, 5) is 4.35. The molecule has 6 heteroatoms. The quantitative estimate of drug-likeness (QED) is 0.817. The summed E-state index contributed by atoms with van der Waals surface area (Å²) in [5.74, 6) is 0. The van der Waals surface area contributed by atoms with Crippen molar-refractivity contribution in [3.8, 4) is 0 Å². The summed E-state index contributed by atoms with van der Waals surface area (Å²) in [6.07, 6.45) is -1.37. The molecular weight excluding hydrogens is 293 g/mol. The summed E-state index contributed by atoms with van der Waals surface area (Å²) < 4.78 is 38.3. The molecule has 0 bridgehead atoms. The molecule has 3 nitrogen and oxygen atoms in total. The Hall–Kier alpha value is -1.27. The monoisotopic (exact) mass is 316 g/mol. The first kappa shape index (κ1) is 17.1. The molecule has 0 atom stereocenters. The van der Waals surface area contributed by atoms with Gasteiger partial charge in [-0.2, -0.15) is 13.2 Å². The van der Waals surface area contributed by atoms with Crippen LogP contribution >= 0.6 is 0 Å². The van der Waals surface area contributed by atoms with Crippen molar-refractivity contribution in [2.75, 3.05) is 44.2 Å². The standard InChI is InChI=1S/C16H23F3N2O/c17-16(18,19)14-5-4-6-15(13-14)21-10-8-20(9-11-21)7-2-1-3-12-22/h4-6,13,22H,1-3,7-12H2. The van der Waals surface area contributed by atoms with E-state index >= 15 is 0 Å². The molecule has 0 saturated carbocycles. The van der Waals surface area contributed by atoms with Gasteiger partial charge in [-0.3, -0.25) is 4.90 Å². The number of alkyl halides is 3. The Morgan fingerprint density at radius 1 is 1.00 bits per heavy atom. The van der Waals surface area contributed by atoms with Crippen molar-refractivity contribution in [1.82, 2.24) is 4.90 Å². The molecule has 2 rings (SSSR count). The fraction of sp³-hybridized carbons (Fsp3) is 0.625. The summed E-state index contributed by atoms with van der Waals surface area (Å²) in [5.41, 5.74) is 0.0613. The number of hydrogen-bond donors (Lipinski definition) is 1. The number of anilines is 1. The van der Waals surface area contributed by atoms with Crippen molar-refractivity contribution < 1.29 is 18.3 Å². The number of unbranched alkanes of at least 4 members (excludes halogenated alkanes) is 2. The van der Waals surface area contributed by atoms with Gasteiger partial charge in [-0.15, -0.1) is 0 Å². The third kappa shape index (κ3) is 4.88. The van der Waals surface area contributed by atoms with E-state index in [0.717, 1.165) is 58.1 Å². The van der Waals surface area contributed by atoms with Crippen LogP contribution in [0, 0.1) is 0 Å². The van der Waals surface area contributed by atoms with Crippen molar-refractivity contribution in [2.24, 2.45) is 0 Å². The molecule has 1 aromatic rings. The van der Waals surface area contributed by atoms with Gasteiger partial charge in [0.15, 0.2) is 0 Å². The van der Waals surface area contributed by atoms with Crippen molar-refractivity contribution in [2.45, 2.75) is 25.4 Å². The largest absolute Gasteiger partial charge is 0.416 e. The van der Waals surface area contributed by atoms with Gasteiger partial charge in [-0.1, -0.05) is 6.07 Å². The maximum atomic E-state index is 12.8. The Balaban J connectivity index is 1.84. The van der Waals surface area contributed by atoms with Gasteiger partial charge in [0.2, 0.25) is 0 Å². The Morgan fingerprint density at radius 2 is 1.73 bits per heavy atom. The highest BCUT2D eigenvalue weighted by atomic mass is 19.4. The fourth-order valence-corrected chi connectivity index (χ4v) is 2.73. The van der Waals surface area contributed by atoms with Gasteiger partial charge in [0, 0.05) is 38.5 Å². The predicted octanol–water partition coefficient (Wildman–Crippen LogP) is 2.99. The topological polar surface area (TPSA) is 26.7 Å². The Labute approximate surface area is 129 Å². The number of nitrogens with zero attached hydrogens (tertiary/aromatic N) is 2. The molecule has 0 spiro atoms. The van der Waals surface area contributed by atoms with Crippen molar-refractivity contribution in [3.63, 3.8) is 0 Å². The lowest BCUT2D eigenvalue weighted by Crippen LogP contribution is -2.46. The van der Waals surface area contributed by atoms with Crippen LogP contribution in [-0.2, 0) is 6.18 Å². The molecule has 1 aliphatic rings. The van der Waals surface area contributed by atoms with Crippen LogP contribution in [0.25, 0.3) is 0 Å². The highest BCUT2D eigenvalue weighted by molar-refractivity contribution is 5.49. The van der Waals surface area contributed by atoms with Crippen molar-refractivity contribution in [3.05, 3.63) is 29.8 Å². The zero-order valence-electron chi connectivity index (χ0n) is 12.6. The van der Waals surface area contributed by atoms with Crippen LogP contribution in [0.1, 0.15) is 24.8 Å². The second-order valence-corrected chi connectivity index (χ2v) is 5.66. The first-order valence-corrected chi connectivity index (χ1v) is 7.76. The molecule has 1 fully saturated rings. The molecule has 0 unspecified atom stereocenters. The summed E-state index contributed by atoms with van der Waals surface area (Å²) >= 11 is 0. The summed E-state index contributed by atoms with van der Waals surface area (Å²) in [6, 6.07) is 5.56. The normalized spacial score (nSPS) is 17.0. The molecule has 0 amide bonds. The van der Waals surface area contributed by atoms with Gasteiger partial charge in [-0.25, -0.2) is 0 Å². The first-order chi connectivity index (χ1) is 10.5. The summed E-state index contributed by atoms with van der Waals surface area (Å²) in [7, 11) is 0. The molecule has 22 heavy (non-hydrogen) atoms. The molecule has 0 aromatic heterocycles. The van der Waals surface area contributed by atoms with Gasteiger partial charge in [0.05, 0.1) is 5.56 Å². The second kappa shape index (κ2) is 7.83. The minimum absolute atomic E-state index is 0.239. The lowest BCUT2D eigenvalue weighted by molar-refractivity contribution is -0.137. The number of halogens is 3. The van der Waals surface area contributed by atoms with E-state index in [1.807, 2.05) is 4.90 Å². The predicted molar refractivity (Wildman–Crippen MR) is 81.0 cm³/mol. The Morgan fingerprint density at radius 3 is 2.36 bits per heavy atom. The number of aliphatic hydroxyl groups excluding tert-OH is 1. The van der Waals surface area contributed by atoms with Crippen molar-refractivity contribution >= 4 is 5.69 Å². The smallest absolute Gasteiger partial charge is 0.396 e. The molecule has 1 aromatic carbocycles. The molecule has 1 N–H and O–H groups in total. The first-order valence-electron chi connectivity index (χ1n) is 7.76. The van der Waals surface area contributed by atoms with E-state index < -0.39 is 11.7 Å². The summed E-state index contributed by atoms with van der Waals surface area (Å²) in [5, 5.41) is 8.74. The van der Waals surface area contributed by atoms with Gasteiger partial charge >= 0.3 is 6.18 Å². The van der Waals surface area contributed by atoms with E-state index in [-0.39, 0.29) is 6.61 Å². The van der Waals surface area contributed by atoms with Gasteiger partial charge in [0.25, 0.3) is 0 Å². The number of rotatable bonds is 6. The van der Waals surface area contributed by atoms with E-state index in [9.17, 15) is 13.2 Å². The van der Waals surface area contributed by atoms with Gasteiger partial charge in [-0.05, 0) is 44.0 Å². The van der Waals surface area contributed by atoms with Crippen LogP contribution in [0.15, 0.2) is 24.3 Å². The van der Waals surface area contributed by atoms with Crippen LogP contribution in [-0.4, -0.2) is 49.3 Å². The average Bonchev–Trinajstić information content (AvgIpc) is 2.51. The molecule has 0 radical (unpaired) electrons. The van der Waals surface area contributed by atoms with Crippen LogP contribution in [0.5, 0.6) is 0 Å². The lowest BCUT2D eigenvalue weighted by Gasteiger charge is -2.36. The summed E-state index contributed by atoms with van der Waals surface area (Å²) in [6.45, 7) is 4.48. The zero-order chi connectivity index (χ0) is 16.0. The van der Waals surface area contributed by atoms with Crippen LogP contribution < -0.4 is 4.90 Å². The van der Waals surface area contributed by atoms with Gasteiger partial charge in [0.1, 0.15) is 0 Å². The van der Waals surface area contributed by atoms with E-state index in [4.69, 9.17) is 5.11 Å². The highest BCUT2D eigenvalue weighted by Crippen LogP contribution is 2.31. The fourth-order valence-electron chi connectivity index (χ4n) is 2.73. The second-order valence-electron chi connectivity index (χ2n) is 5.66. The Bertz CT molecular complexity index is 457. The zero-order valence-corrected chi connectivity index (χ0v) is 12.6. The highest BCUT2D eigenvalue weighted by Gasteiger charge is 2.31. The van der Waals surface area contributed by atoms with Crippen LogP contribution in [0.2, 0.25) is 0 Å². The molecule has 1 saturated heterocycles. The lowest BCUT2D eigenvalue weighted by atomic mass is 10.1. The van der Waals surface area contributed by atoms with E-state index in [0.29, 0.717) is 5.69 Å². The SMILES string of the molecule is OCCCCCN1CCN(c2cccc(C(F)(F)F)c2)CC1. The maximum absolute atomic E-state index is 12.8. The number of aliphatic hydroxyl groups is 1.